The first-order valence-electron chi connectivity index (χ1n) is 10.3. The number of nitrogens with zero attached hydrogens (tertiary/aromatic N) is 1. The maximum atomic E-state index is 12.7. The standard InChI is InChI=1S/C25H21ClN4O4/c26-20-12-6-5-11-19(20)25(33)28-21(17-8-2-1-3-9-17)14-23(31)29-30-24(32)16-34-22-13-7-4-10-18(22)15-27/h1-13,21H,14,16H2,(H,28,33)(H,29,31)(H,30,32). The molecular weight excluding hydrogens is 456 g/mol. The van der Waals surface area contributed by atoms with Crippen LogP contribution in [0, 0.1) is 11.3 Å². The van der Waals surface area contributed by atoms with E-state index in [0.29, 0.717) is 16.1 Å². The summed E-state index contributed by atoms with van der Waals surface area (Å²) in [6.07, 6.45) is -0.140. The Morgan fingerprint density at radius 2 is 1.53 bits per heavy atom. The normalized spacial score (nSPS) is 10.9. The minimum Gasteiger partial charge on any atom is -0.482 e. The van der Waals surface area contributed by atoms with Gasteiger partial charge in [0.15, 0.2) is 6.61 Å². The summed E-state index contributed by atoms with van der Waals surface area (Å²) < 4.78 is 5.33. The van der Waals surface area contributed by atoms with E-state index < -0.39 is 30.4 Å². The van der Waals surface area contributed by atoms with Crippen LogP contribution in [0.2, 0.25) is 5.02 Å². The van der Waals surface area contributed by atoms with Crippen LogP contribution >= 0.6 is 11.6 Å². The van der Waals surface area contributed by atoms with Gasteiger partial charge in [-0.05, 0) is 29.8 Å². The Kier molecular flexibility index (Phi) is 8.60. The molecule has 3 rings (SSSR count). The summed E-state index contributed by atoms with van der Waals surface area (Å²) in [5, 5.41) is 12.2. The van der Waals surface area contributed by atoms with E-state index in [9.17, 15) is 14.4 Å². The second-order valence-corrected chi connectivity index (χ2v) is 7.52. The summed E-state index contributed by atoms with van der Waals surface area (Å²) in [5.41, 5.74) is 5.86. The minimum absolute atomic E-state index is 0.140. The largest absolute Gasteiger partial charge is 0.482 e. The van der Waals surface area contributed by atoms with E-state index in [4.69, 9.17) is 21.6 Å². The van der Waals surface area contributed by atoms with Crippen LogP contribution in [0.1, 0.15) is 33.9 Å². The van der Waals surface area contributed by atoms with E-state index in [2.05, 4.69) is 16.2 Å². The Labute approximate surface area is 201 Å². The van der Waals surface area contributed by atoms with Crippen LogP contribution in [-0.2, 0) is 9.59 Å². The summed E-state index contributed by atoms with van der Waals surface area (Å²) in [4.78, 5) is 37.3. The first-order valence-corrected chi connectivity index (χ1v) is 10.7. The van der Waals surface area contributed by atoms with E-state index in [1.165, 1.54) is 0 Å². The van der Waals surface area contributed by atoms with Crippen LogP contribution < -0.4 is 20.9 Å². The highest BCUT2D eigenvalue weighted by Crippen LogP contribution is 2.20. The third-order valence-corrected chi connectivity index (χ3v) is 5.05. The number of hydrogen-bond acceptors (Lipinski definition) is 5. The number of carbonyl (C=O) groups is 3. The average molecular weight is 477 g/mol. The second-order valence-electron chi connectivity index (χ2n) is 7.11. The van der Waals surface area contributed by atoms with Gasteiger partial charge in [0.2, 0.25) is 5.91 Å². The number of ether oxygens (including phenoxy) is 1. The lowest BCUT2D eigenvalue weighted by molar-refractivity contribution is -0.130. The molecule has 3 aromatic carbocycles. The number of carbonyl (C=O) groups excluding carboxylic acids is 3. The van der Waals surface area contributed by atoms with E-state index >= 15 is 0 Å². The first kappa shape index (κ1) is 24.3. The highest BCUT2D eigenvalue weighted by Gasteiger charge is 2.20. The molecule has 0 spiro atoms. The van der Waals surface area contributed by atoms with E-state index in [-0.39, 0.29) is 17.7 Å². The molecule has 3 amide bonds. The molecule has 3 aromatic rings. The summed E-state index contributed by atoms with van der Waals surface area (Å²) in [7, 11) is 0. The fourth-order valence-electron chi connectivity index (χ4n) is 3.06. The van der Waals surface area contributed by atoms with Crippen molar-refractivity contribution in [2.75, 3.05) is 6.61 Å². The zero-order chi connectivity index (χ0) is 24.3. The van der Waals surface area contributed by atoms with Gasteiger partial charge in [0, 0.05) is 0 Å². The van der Waals surface area contributed by atoms with Gasteiger partial charge in [-0.2, -0.15) is 5.26 Å². The predicted molar refractivity (Wildman–Crippen MR) is 126 cm³/mol. The molecule has 1 atom stereocenters. The summed E-state index contributed by atoms with van der Waals surface area (Å²) >= 11 is 6.11. The molecule has 172 valence electrons. The average Bonchev–Trinajstić information content (AvgIpc) is 2.86. The van der Waals surface area contributed by atoms with Crippen LogP contribution in [0.15, 0.2) is 78.9 Å². The van der Waals surface area contributed by atoms with Gasteiger partial charge in [-0.25, -0.2) is 0 Å². The number of hydrazine groups is 1. The number of amides is 3. The van der Waals surface area contributed by atoms with Gasteiger partial charge in [-0.15, -0.1) is 0 Å². The third kappa shape index (κ3) is 6.82. The fraction of sp³-hybridized carbons (Fsp3) is 0.120. The van der Waals surface area contributed by atoms with Crippen molar-refractivity contribution in [2.45, 2.75) is 12.5 Å². The molecule has 0 heterocycles. The number of nitrogens with one attached hydrogen (secondary N) is 3. The zero-order valence-electron chi connectivity index (χ0n) is 18.0. The topological polar surface area (TPSA) is 120 Å². The molecule has 0 aromatic heterocycles. The van der Waals surface area contributed by atoms with Crippen molar-refractivity contribution in [3.63, 3.8) is 0 Å². The van der Waals surface area contributed by atoms with Gasteiger partial charge in [-0.1, -0.05) is 66.2 Å². The Balaban J connectivity index is 1.58. The summed E-state index contributed by atoms with van der Waals surface area (Å²) in [6.45, 7) is -0.398. The Bertz CT molecular complexity index is 1210. The summed E-state index contributed by atoms with van der Waals surface area (Å²) in [5.74, 6) is -1.31. The van der Waals surface area contributed by atoms with Crippen molar-refractivity contribution in [3.8, 4) is 11.8 Å². The molecule has 9 heteroatoms. The maximum Gasteiger partial charge on any atom is 0.276 e. The Morgan fingerprint density at radius 3 is 2.26 bits per heavy atom. The molecular formula is C25H21ClN4O4. The van der Waals surface area contributed by atoms with Crippen molar-refractivity contribution in [1.29, 1.82) is 5.26 Å². The van der Waals surface area contributed by atoms with Gasteiger partial charge >= 0.3 is 0 Å². The number of halogens is 1. The lowest BCUT2D eigenvalue weighted by Crippen LogP contribution is -2.45. The molecule has 0 aliphatic carbocycles. The van der Waals surface area contributed by atoms with Gasteiger partial charge in [0.05, 0.1) is 28.6 Å². The van der Waals surface area contributed by atoms with Crippen LogP contribution in [0.4, 0.5) is 0 Å². The number of hydrogen-bond donors (Lipinski definition) is 3. The van der Waals surface area contributed by atoms with Crippen LogP contribution in [0.5, 0.6) is 5.75 Å². The minimum atomic E-state index is -0.666. The van der Waals surface area contributed by atoms with Gasteiger partial charge in [0.1, 0.15) is 11.8 Å². The SMILES string of the molecule is N#Cc1ccccc1OCC(=O)NNC(=O)CC(NC(=O)c1ccccc1Cl)c1ccccc1. The molecule has 0 radical (unpaired) electrons. The highest BCUT2D eigenvalue weighted by molar-refractivity contribution is 6.33. The lowest BCUT2D eigenvalue weighted by atomic mass is 10.0. The first-order chi connectivity index (χ1) is 16.5. The van der Waals surface area contributed by atoms with Crippen LogP contribution in [0.25, 0.3) is 0 Å². The van der Waals surface area contributed by atoms with E-state index in [0.717, 1.165) is 0 Å². The van der Waals surface area contributed by atoms with Gasteiger partial charge in [-0.3, -0.25) is 25.2 Å². The van der Waals surface area contributed by atoms with Crippen molar-refractivity contribution < 1.29 is 19.1 Å². The van der Waals surface area contributed by atoms with Crippen LogP contribution in [-0.4, -0.2) is 24.3 Å². The monoisotopic (exact) mass is 476 g/mol. The Morgan fingerprint density at radius 1 is 0.882 bits per heavy atom. The molecule has 34 heavy (non-hydrogen) atoms. The van der Waals surface area contributed by atoms with Crippen molar-refractivity contribution in [2.24, 2.45) is 0 Å². The van der Waals surface area contributed by atoms with Gasteiger partial charge < -0.3 is 10.1 Å². The zero-order valence-corrected chi connectivity index (χ0v) is 18.7. The quantitative estimate of drug-likeness (QED) is 0.431. The Hall–Kier alpha value is -4.35. The molecule has 1 unspecified atom stereocenters. The molecule has 0 aliphatic heterocycles. The van der Waals surface area contributed by atoms with Crippen molar-refractivity contribution in [1.82, 2.24) is 16.2 Å². The van der Waals surface area contributed by atoms with Crippen LogP contribution in [0.3, 0.4) is 0 Å². The second kappa shape index (κ2) is 12.0. The molecule has 3 N–H and O–H groups in total. The number of nitriles is 1. The molecule has 0 bridgehead atoms. The maximum absolute atomic E-state index is 12.7. The predicted octanol–water partition coefficient (Wildman–Crippen LogP) is 3.30. The van der Waals surface area contributed by atoms with E-state index in [1.807, 2.05) is 12.1 Å². The smallest absolute Gasteiger partial charge is 0.276 e. The third-order valence-electron chi connectivity index (χ3n) is 4.72. The highest BCUT2D eigenvalue weighted by atomic mass is 35.5. The number of benzene rings is 3. The molecule has 8 nitrogen and oxygen atoms in total. The van der Waals surface area contributed by atoms with E-state index in [1.54, 1.807) is 72.8 Å². The summed E-state index contributed by atoms with van der Waals surface area (Å²) in [6, 6.07) is 23.4. The number of para-hydroxylation sites is 1. The van der Waals surface area contributed by atoms with Gasteiger partial charge in [0.25, 0.3) is 11.8 Å². The molecule has 0 saturated carbocycles. The number of rotatable bonds is 8. The molecule has 0 fully saturated rings. The molecule has 0 aliphatic rings. The van der Waals surface area contributed by atoms with Crippen molar-refractivity contribution >= 4 is 29.3 Å². The molecule has 0 saturated heterocycles. The van der Waals surface area contributed by atoms with Crippen molar-refractivity contribution in [3.05, 3.63) is 101 Å². The lowest BCUT2D eigenvalue weighted by Gasteiger charge is -2.19. The fourth-order valence-corrected chi connectivity index (χ4v) is 3.28.